The van der Waals surface area contributed by atoms with Gasteiger partial charge in [-0.15, -0.1) is 0 Å². The molecule has 2 saturated heterocycles. The summed E-state index contributed by atoms with van der Waals surface area (Å²) >= 11 is 0. The van der Waals surface area contributed by atoms with Gasteiger partial charge in [0.2, 0.25) is 0 Å². The van der Waals surface area contributed by atoms with Crippen LogP contribution in [-0.4, -0.2) is 60.0 Å². The van der Waals surface area contributed by atoms with Crippen molar-refractivity contribution in [2.24, 2.45) is 17.6 Å². The molecule has 0 spiro atoms. The molecule has 0 aromatic carbocycles. The molecule has 0 amide bonds. The second-order valence-corrected chi connectivity index (χ2v) is 7.27. The summed E-state index contributed by atoms with van der Waals surface area (Å²) in [6.07, 6.45) is 1.41. The number of fused-ring (bicyclic) bond motifs is 1. The predicted octanol–water partition coefficient (Wildman–Crippen LogP) is 1.77. The van der Waals surface area contributed by atoms with Crippen LogP contribution in [0.3, 0.4) is 0 Å². The van der Waals surface area contributed by atoms with E-state index in [1.54, 1.807) is 0 Å². The van der Waals surface area contributed by atoms with Gasteiger partial charge in [0.05, 0.1) is 6.04 Å². The molecule has 0 bridgehead atoms. The second kappa shape index (κ2) is 5.18. The largest absolute Gasteiger partial charge is 0.321 e. The molecule has 3 nitrogen and oxygen atoms in total. The molecule has 3 aliphatic rings. The first kappa shape index (κ1) is 14.7. The van der Waals surface area contributed by atoms with Crippen LogP contribution in [0.5, 0.6) is 0 Å². The Kier molecular flexibility index (Phi) is 3.80. The Morgan fingerprint density at radius 3 is 2.25 bits per heavy atom. The van der Waals surface area contributed by atoms with Crippen molar-refractivity contribution < 1.29 is 8.78 Å². The minimum absolute atomic E-state index is 0.0352. The van der Waals surface area contributed by atoms with Crippen molar-refractivity contribution in [1.29, 1.82) is 0 Å². The molecule has 2 unspecified atom stereocenters. The molecule has 3 rings (SSSR count). The summed E-state index contributed by atoms with van der Waals surface area (Å²) in [5.41, 5.74) is 5.86. The number of hydrogen-bond donors (Lipinski definition) is 1. The number of halogens is 2. The normalized spacial score (nSPS) is 42.3. The molecule has 2 heterocycles. The van der Waals surface area contributed by atoms with Gasteiger partial charge in [-0.1, -0.05) is 0 Å². The molecule has 0 aromatic heterocycles. The lowest BCUT2D eigenvalue weighted by atomic mass is 9.86. The van der Waals surface area contributed by atoms with Crippen molar-refractivity contribution in [3.8, 4) is 0 Å². The second-order valence-electron chi connectivity index (χ2n) is 7.27. The molecule has 2 N–H and O–H groups in total. The van der Waals surface area contributed by atoms with Crippen molar-refractivity contribution in [1.82, 2.24) is 9.80 Å². The van der Waals surface area contributed by atoms with E-state index in [1.807, 2.05) is 0 Å². The lowest BCUT2D eigenvalue weighted by molar-refractivity contribution is -0.0808. The van der Waals surface area contributed by atoms with Crippen molar-refractivity contribution in [3.05, 3.63) is 0 Å². The minimum Gasteiger partial charge on any atom is -0.321 e. The van der Waals surface area contributed by atoms with E-state index in [9.17, 15) is 8.78 Å². The summed E-state index contributed by atoms with van der Waals surface area (Å²) in [5.74, 6) is -1.37. The van der Waals surface area contributed by atoms with E-state index in [1.165, 1.54) is 0 Å². The molecule has 5 heteroatoms. The van der Waals surface area contributed by atoms with E-state index >= 15 is 0 Å². The van der Waals surface area contributed by atoms with E-state index in [0.717, 1.165) is 32.6 Å². The van der Waals surface area contributed by atoms with E-state index < -0.39 is 12.0 Å². The molecule has 20 heavy (non-hydrogen) atoms. The monoisotopic (exact) mass is 287 g/mol. The number of alkyl halides is 2. The molecule has 1 aliphatic carbocycles. The molecular weight excluding hydrogens is 260 g/mol. The van der Waals surface area contributed by atoms with Crippen molar-refractivity contribution in [2.45, 2.75) is 57.2 Å². The fraction of sp³-hybridized carbons (Fsp3) is 1.00. The number of likely N-dealkylation sites (tertiary alicyclic amines) is 2. The fourth-order valence-corrected chi connectivity index (χ4v) is 4.34. The maximum atomic E-state index is 13.8. The van der Waals surface area contributed by atoms with Crippen LogP contribution in [0.15, 0.2) is 0 Å². The highest BCUT2D eigenvalue weighted by Gasteiger charge is 2.50. The van der Waals surface area contributed by atoms with Crippen LogP contribution in [0.1, 0.15) is 33.1 Å². The highest BCUT2D eigenvalue weighted by atomic mass is 19.3. The van der Waals surface area contributed by atoms with E-state index in [4.69, 9.17) is 5.73 Å². The Morgan fingerprint density at radius 1 is 1.10 bits per heavy atom. The average molecular weight is 287 g/mol. The Bertz CT molecular complexity index is 347. The van der Waals surface area contributed by atoms with Crippen molar-refractivity contribution >= 4 is 0 Å². The van der Waals surface area contributed by atoms with E-state index in [0.29, 0.717) is 24.3 Å². The number of nitrogens with zero attached hydrogens (tertiary/aromatic N) is 2. The van der Waals surface area contributed by atoms with Crippen LogP contribution >= 0.6 is 0 Å². The highest BCUT2D eigenvalue weighted by Crippen LogP contribution is 2.39. The van der Waals surface area contributed by atoms with Crippen LogP contribution < -0.4 is 5.73 Å². The van der Waals surface area contributed by atoms with Crippen LogP contribution in [-0.2, 0) is 0 Å². The zero-order valence-corrected chi connectivity index (χ0v) is 12.6. The van der Waals surface area contributed by atoms with Gasteiger partial charge in [-0.25, -0.2) is 8.78 Å². The summed E-state index contributed by atoms with van der Waals surface area (Å²) in [5, 5.41) is 0. The smallest absolute Gasteiger partial charge is 0.264 e. The van der Waals surface area contributed by atoms with Crippen LogP contribution in [0.25, 0.3) is 0 Å². The first-order valence-corrected chi connectivity index (χ1v) is 8.00. The number of nitrogens with two attached hydrogens (primary N) is 1. The number of rotatable bonds is 2. The average Bonchev–Trinajstić information content (AvgIpc) is 2.90. The summed E-state index contributed by atoms with van der Waals surface area (Å²) in [4.78, 5) is 4.78. The van der Waals surface area contributed by atoms with Gasteiger partial charge in [-0.3, -0.25) is 4.90 Å². The van der Waals surface area contributed by atoms with Crippen molar-refractivity contribution in [3.63, 3.8) is 0 Å². The Morgan fingerprint density at radius 2 is 1.70 bits per heavy atom. The standard InChI is InChI=1S/C15H27F2N3/c1-10(2)19-6-11-8-20(9-12(11)7-19)13-4-3-5-15(16,17)14(13)18/h10-14H,3-9,18H2,1-2H3/t11?,12?,13-,14+/m0/s1. The molecule has 4 atom stereocenters. The zero-order chi connectivity index (χ0) is 14.5. The van der Waals surface area contributed by atoms with Gasteiger partial charge in [0, 0.05) is 44.7 Å². The zero-order valence-electron chi connectivity index (χ0n) is 12.6. The van der Waals surface area contributed by atoms with E-state index in [2.05, 4.69) is 23.6 Å². The van der Waals surface area contributed by atoms with Crippen LogP contribution in [0.2, 0.25) is 0 Å². The summed E-state index contributed by atoms with van der Waals surface area (Å²) in [6.45, 7) is 8.63. The Balaban J connectivity index is 1.62. The maximum absolute atomic E-state index is 13.8. The molecule has 0 radical (unpaired) electrons. The van der Waals surface area contributed by atoms with Crippen LogP contribution in [0, 0.1) is 11.8 Å². The molecule has 2 aliphatic heterocycles. The fourth-order valence-electron chi connectivity index (χ4n) is 4.34. The molecule has 116 valence electrons. The highest BCUT2D eigenvalue weighted by molar-refractivity contribution is 5.02. The lowest BCUT2D eigenvalue weighted by Crippen LogP contribution is -2.58. The van der Waals surface area contributed by atoms with E-state index in [-0.39, 0.29) is 12.5 Å². The van der Waals surface area contributed by atoms with Gasteiger partial charge in [-0.2, -0.15) is 0 Å². The first-order valence-electron chi connectivity index (χ1n) is 8.00. The van der Waals surface area contributed by atoms with Gasteiger partial charge >= 0.3 is 0 Å². The van der Waals surface area contributed by atoms with Gasteiger partial charge in [0.15, 0.2) is 0 Å². The third-order valence-corrected chi connectivity index (χ3v) is 5.65. The molecular formula is C15H27F2N3. The SMILES string of the molecule is CC(C)N1CC2CN([C@H]3CCCC(F)(F)[C@@H]3N)CC2C1. The molecule has 1 saturated carbocycles. The minimum atomic E-state index is -2.68. The Labute approximate surface area is 120 Å². The Hall–Kier alpha value is -0.260. The molecule has 0 aromatic rings. The first-order chi connectivity index (χ1) is 9.38. The van der Waals surface area contributed by atoms with Gasteiger partial charge < -0.3 is 10.6 Å². The van der Waals surface area contributed by atoms with Crippen LogP contribution in [0.4, 0.5) is 8.78 Å². The van der Waals surface area contributed by atoms with Gasteiger partial charge in [0.25, 0.3) is 5.92 Å². The predicted molar refractivity (Wildman–Crippen MR) is 75.8 cm³/mol. The summed E-state index contributed by atoms with van der Waals surface area (Å²) in [7, 11) is 0. The summed E-state index contributed by atoms with van der Waals surface area (Å²) < 4.78 is 27.6. The maximum Gasteiger partial charge on any atom is 0.264 e. The van der Waals surface area contributed by atoms with Crippen molar-refractivity contribution in [2.75, 3.05) is 26.2 Å². The van der Waals surface area contributed by atoms with Gasteiger partial charge in [-0.05, 0) is 38.5 Å². The molecule has 3 fully saturated rings. The summed E-state index contributed by atoms with van der Waals surface area (Å²) in [6, 6.07) is -0.497. The third-order valence-electron chi connectivity index (χ3n) is 5.65. The number of hydrogen-bond acceptors (Lipinski definition) is 3. The topological polar surface area (TPSA) is 32.5 Å². The quantitative estimate of drug-likeness (QED) is 0.840. The van der Waals surface area contributed by atoms with Gasteiger partial charge in [0.1, 0.15) is 0 Å². The lowest BCUT2D eigenvalue weighted by Gasteiger charge is -2.41. The third kappa shape index (κ3) is 2.48.